The van der Waals surface area contributed by atoms with Gasteiger partial charge in [0.25, 0.3) is 0 Å². The Hall–Kier alpha value is -1.09. The van der Waals surface area contributed by atoms with Crippen LogP contribution in [-0.2, 0) is 6.42 Å². The highest BCUT2D eigenvalue weighted by Crippen LogP contribution is 2.18. The molecule has 0 bridgehead atoms. The van der Waals surface area contributed by atoms with Gasteiger partial charge in [-0.1, -0.05) is 0 Å². The molecule has 78 valence electrons. The molecule has 0 heterocycles. The molecule has 0 aliphatic carbocycles. The zero-order valence-corrected chi connectivity index (χ0v) is 8.42. The molecule has 1 aromatic rings. The number of benzene rings is 1. The molecule has 0 radical (unpaired) electrons. The number of methoxy groups -OCH3 is 1. The van der Waals surface area contributed by atoms with Gasteiger partial charge in [0.05, 0.1) is 7.11 Å². The molecular formula is C11H16FNO. The maximum atomic E-state index is 13.2. The lowest BCUT2D eigenvalue weighted by Gasteiger charge is -2.05. The maximum absolute atomic E-state index is 13.2. The van der Waals surface area contributed by atoms with E-state index in [-0.39, 0.29) is 5.82 Å². The third-order valence-corrected chi connectivity index (χ3v) is 2.15. The van der Waals surface area contributed by atoms with Crippen molar-refractivity contribution in [3.05, 3.63) is 29.6 Å². The topological polar surface area (TPSA) is 35.2 Å². The first-order chi connectivity index (χ1) is 6.77. The highest BCUT2D eigenvalue weighted by atomic mass is 19.1. The molecule has 0 spiro atoms. The van der Waals surface area contributed by atoms with E-state index in [0.717, 1.165) is 19.3 Å². The monoisotopic (exact) mass is 197 g/mol. The van der Waals surface area contributed by atoms with Gasteiger partial charge in [0, 0.05) is 0 Å². The van der Waals surface area contributed by atoms with Gasteiger partial charge >= 0.3 is 0 Å². The second-order valence-corrected chi connectivity index (χ2v) is 3.20. The van der Waals surface area contributed by atoms with Crippen molar-refractivity contribution in [3.63, 3.8) is 0 Å². The summed E-state index contributed by atoms with van der Waals surface area (Å²) in [7, 11) is 1.58. The number of halogens is 1. The molecule has 0 atom stereocenters. The Kier molecular flexibility index (Phi) is 4.40. The number of ether oxygens (including phenoxy) is 1. The molecule has 0 aromatic heterocycles. The van der Waals surface area contributed by atoms with Crippen LogP contribution in [0.4, 0.5) is 4.39 Å². The summed E-state index contributed by atoms with van der Waals surface area (Å²) >= 11 is 0. The van der Waals surface area contributed by atoms with E-state index < -0.39 is 0 Å². The summed E-state index contributed by atoms with van der Waals surface area (Å²) in [6.45, 7) is 0.658. The van der Waals surface area contributed by atoms with E-state index in [2.05, 4.69) is 0 Å². The van der Waals surface area contributed by atoms with Gasteiger partial charge in [-0.3, -0.25) is 0 Å². The van der Waals surface area contributed by atoms with Crippen LogP contribution in [-0.4, -0.2) is 13.7 Å². The van der Waals surface area contributed by atoms with Gasteiger partial charge in [-0.15, -0.1) is 0 Å². The Balaban J connectivity index is 2.64. The minimum absolute atomic E-state index is 0.164. The number of aryl methyl sites for hydroxylation is 1. The molecule has 14 heavy (non-hydrogen) atoms. The predicted octanol–water partition coefficient (Wildman–Crippen LogP) is 2.12. The Labute approximate surface area is 83.9 Å². The van der Waals surface area contributed by atoms with Gasteiger partial charge in [0.1, 0.15) is 11.6 Å². The lowest BCUT2D eigenvalue weighted by Crippen LogP contribution is -2.00. The van der Waals surface area contributed by atoms with Crippen molar-refractivity contribution in [2.24, 2.45) is 5.73 Å². The number of nitrogens with two attached hydrogens (primary N) is 1. The highest BCUT2D eigenvalue weighted by Gasteiger charge is 2.03. The van der Waals surface area contributed by atoms with E-state index in [1.54, 1.807) is 19.2 Å². The third kappa shape index (κ3) is 3.00. The first kappa shape index (κ1) is 11.0. The molecule has 0 fully saturated rings. The van der Waals surface area contributed by atoms with E-state index in [4.69, 9.17) is 10.5 Å². The normalized spacial score (nSPS) is 10.2. The first-order valence-electron chi connectivity index (χ1n) is 4.80. The van der Waals surface area contributed by atoms with E-state index in [1.165, 1.54) is 6.07 Å². The zero-order chi connectivity index (χ0) is 10.4. The maximum Gasteiger partial charge on any atom is 0.126 e. The second-order valence-electron chi connectivity index (χ2n) is 3.20. The third-order valence-electron chi connectivity index (χ3n) is 2.15. The van der Waals surface area contributed by atoms with Crippen molar-refractivity contribution in [1.82, 2.24) is 0 Å². The van der Waals surface area contributed by atoms with Crippen LogP contribution in [0.3, 0.4) is 0 Å². The summed E-state index contributed by atoms with van der Waals surface area (Å²) < 4.78 is 18.3. The molecule has 2 nitrogen and oxygen atoms in total. The molecule has 0 unspecified atom stereocenters. The van der Waals surface area contributed by atoms with Crippen LogP contribution in [0.2, 0.25) is 0 Å². The van der Waals surface area contributed by atoms with Crippen LogP contribution >= 0.6 is 0 Å². The highest BCUT2D eigenvalue weighted by molar-refractivity contribution is 5.29. The number of rotatable bonds is 5. The van der Waals surface area contributed by atoms with Gasteiger partial charge in [-0.2, -0.15) is 0 Å². The Bertz CT molecular complexity index is 289. The lowest BCUT2D eigenvalue weighted by atomic mass is 10.1. The smallest absolute Gasteiger partial charge is 0.126 e. The number of hydrogen-bond donors (Lipinski definition) is 1. The fourth-order valence-electron chi connectivity index (χ4n) is 1.33. The van der Waals surface area contributed by atoms with Crippen LogP contribution < -0.4 is 10.5 Å². The second kappa shape index (κ2) is 5.60. The largest absolute Gasteiger partial charge is 0.497 e. The summed E-state index contributed by atoms with van der Waals surface area (Å²) in [5, 5.41) is 0. The zero-order valence-electron chi connectivity index (χ0n) is 8.42. The van der Waals surface area contributed by atoms with Gasteiger partial charge in [-0.25, -0.2) is 4.39 Å². The number of unbranched alkanes of at least 4 members (excludes halogenated alkanes) is 1. The van der Waals surface area contributed by atoms with E-state index in [9.17, 15) is 4.39 Å². The summed E-state index contributed by atoms with van der Waals surface area (Å²) in [5.41, 5.74) is 6.07. The molecule has 1 aromatic carbocycles. The minimum Gasteiger partial charge on any atom is -0.497 e. The van der Waals surface area contributed by atoms with Crippen LogP contribution in [0.5, 0.6) is 5.75 Å². The first-order valence-corrected chi connectivity index (χ1v) is 4.80. The molecule has 0 aliphatic rings. The standard InChI is InChI=1S/C11H16FNO/c1-14-10-5-6-11(12)9(8-10)4-2-3-7-13/h5-6,8H,2-4,7,13H2,1H3. The van der Waals surface area contributed by atoms with Crippen molar-refractivity contribution in [1.29, 1.82) is 0 Å². The fourth-order valence-corrected chi connectivity index (χ4v) is 1.33. The summed E-state index contributed by atoms with van der Waals surface area (Å²) in [4.78, 5) is 0. The lowest BCUT2D eigenvalue weighted by molar-refractivity contribution is 0.412. The van der Waals surface area contributed by atoms with Crippen molar-refractivity contribution < 1.29 is 9.13 Å². The van der Waals surface area contributed by atoms with E-state index in [0.29, 0.717) is 17.9 Å². The molecule has 3 heteroatoms. The van der Waals surface area contributed by atoms with Crippen molar-refractivity contribution >= 4 is 0 Å². The Morgan fingerprint density at radius 1 is 1.36 bits per heavy atom. The van der Waals surface area contributed by atoms with Crippen LogP contribution in [0.1, 0.15) is 18.4 Å². The molecule has 0 amide bonds. The van der Waals surface area contributed by atoms with Gasteiger partial charge < -0.3 is 10.5 Å². The van der Waals surface area contributed by atoms with Gasteiger partial charge in [0.15, 0.2) is 0 Å². The Morgan fingerprint density at radius 2 is 2.14 bits per heavy atom. The van der Waals surface area contributed by atoms with Crippen LogP contribution in [0, 0.1) is 5.82 Å². The van der Waals surface area contributed by atoms with Crippen LogP contribution in [0.25, 0.3) is 0 Å². The van der Waals surface area contributed by atoms with Gasteiger partial charge in [-0.05, 0) is 49.6 Å². The van der Waals surface area contributed by atoms with E-state index >= 15 is 0 Å². The SMILES string of the molecule is COc1ccc(F)c(CCCCN)c1. The molecular weight excluding hydrogens is 181 g/mol. The summed E-state index contributed by atoms with van der Waals surface area (Å²) in [6.07, 6.45) is 2.57. The quantitative estimate of drug-likeness (QED) is 0.734. The van der Waals surface area contributed by atoms with Crippen molar-refractivity contribution in [3.8, 4) is 5.75 Å². The van der Waals surface area contributed by atoms with Crippen LogP contribution in [0.15, 0.2) is 18.2 Å². The van der Waals surface area contributed by atoms with E-state index in [1.807, 2.05) is 0 Å². The summed E-state index contributed by atoms with van der Waals surface area (Å²) in [6, 6.07) is 4.81. The molecule has 0 saturated carbocycles. The molecule has 0 aliphatic heterocycles. The molecule has 0 saturated heterocycles. The van der Waals surface area contributed by atoms with Crippen molar-refractivity contribution in [2.45, 2.75) is 19.3 Å². The summed E-state index contributed by atoms with van der Waals surface area (Å²) in [5.74, 6) is 0.539. The molecule has 1 rings (SSSR count). The molecule has 2 N–H and O–H groups in total. The van der Waals surface area contributed by atoms with Gasteiger partial charge in [0.2, 0.25) is 0 Å². The predicted molar refractivity (Wildman–Crippen MR) is 54.9 cm³/mol. The average molecular weight is 197 g/mol. The minimum atomic E-state index is -0.164. The Morgan fingerprint density at radius 3 is 2.79 bits per heavy atom. The van der Waals surface area contributed by atoms with Crippen molar-refractivity contribution in [2.75, 3.05) is 13.7 Å². The average Bonchev–Trinajstić information content (AvgIpc) is 2.21. The fraction of sp³-hybridized carbons (Fsp3) is 0.455. The number of hydrogen-bond acceptors (Lipinski definition) is 2.